The lowest BCUT2D eigenvalue weighted by atomic mass is 10.2. The first-order valence-corrected chi connectivity index (χ1v) is 6.31. The number of hydrogen-bond acceptors (Lipinski definition) is 4. The molecule has 0 spiro atoms. The number of anilines is 1. The average Bonchev–Trinajstić information content (AvgIpc) is 2.40. The van der Waals surface area contributed by atoms with E-state index in [0.29, 0.717) is 6.54 Å². The Morgan fingerprint density at radius 3 is 2.83 bits per heavy atom. The monoisotopic (exact) mass is 250 g/mol. The fourth-order valence-electron chi connectivity index (χ4n) is 1.70. The lowest BCUT2D eigenvalue weighted by Gasteiger charge is -2.20. The minimum absolute atomic E-state index is 0.0331. The van der Waals surface area contributed by atoms with Crippen molar-refractivity contribution >= 4 is 11.7 Å². The number of pyridine rings is 1. The summed E-state index contributed by atoms with van der Waals surface area (Å²) in [6.07, 6.45) is 1.77. The number of nitrogens with zero attached hydrogens (tertiary/aromatic N) is 2. The molecule has 1 aromatic heterocycles. The van der Waals surface area contributed by atoms with Gasteiger partial charge in [-0.25, -0.2) is 4.98 Å². The zero-order chi connectivity index (χ0) is 13.4. The molecule has 5 nitrogen and oxygen atoms in total. The van der Waals surface area contributed by atoms with Crippen molar-refractivity contribution < 1.29 is 4.79 Å². The van der Waals surface area contributed by atoms with E-state index in [4.69, 9.17) is 0 Å². The molecule has 1 heterocycles. The van der Waals surface area contributed by atoms with Crippen LogP contribution >= 0.6 is 0 Å². The normalized spacial score (nSPS) is 10.4. The van der Waals surface area contributed by atoms with Crippen LogP contribution in [-0.4, -0.2) is 42.5 Å². The molecule has 0 unspecified atom stereocenters. The van der Waals surface area contributed by atoms with Gasteiger partial charge < -0.3 is 10.6 Å². The third-order valence-corrected chi connectivity index (χ3v) is 2.72. The topological polar surface area (TPSA) is 57.3 Å². The van der Waals surface area contributed by atoms with Gasteiger partial charge in [-0.15, -0.1) is 0 Å². The predicted molar refractivity (Wildman–Crippen MR) is 73.4 cm³/mol. The Balaban J connectivity index is 2.71. The summed E-state index contributed by atoms with van der Waals surface area (Å²) < 4.78 is 0. The summed E-state index contributed by atoms with van der Waals surface area (Å²) in [4.78, 5) is 17.8. The van der Waals surface area contributed by atoms with E-state index in [2.05, 4.69) is 20.5 Å². The quantitative estimate of drug-likeness (QED) is 0.760. The SMILES string of the molecule is CCNc1ncccc1CN(CC)CC(=O)NC. The molecule has 0 aliphatic rings. The number of carbonyl (C=O) groups excluding carboxylic acids is 1. The van der Waals surface area contributed by atoms with Crippen LogP contribution in [0.2, 0.25) is 0 Å². The summed E-state index contributed by atoms with van der Waals surface area (Å²) in [7, 11) is 1.66. The van der Waals surface area contributed by atoms with Crippen LogP contribution in [0.15, 0.2) is 18.3 Å². The Bertz CT molecular complexity index is 381. The lowest BCUT2D eigenvalue weighted by Crippen LogP contribution is -2.35. The zero-order valence-corrected chi connectivity index (χ0v) is 11.4. The van der Waals surface area contributed by atoms with Gasteiger partial charge in [0.25, 0.3) is 0 Å². The van der Waals surface area contributed by atoms with Gasteiger partial charge in [-0.05, 0) is 19.5 Å². The summed E-state index contributed by atoms with van der Waals surface area (Å²) in [6.45, 7) is 6.89. The Labute approximate surface area is 109 Å². The highest BCUT2D eigenvalue weighted by Gasteiger charge is 2.11. The van der Waals surface area contributed by atoms with Gasteiger partial charge in [-0.2, -0.15) is 0 Å². The molecular formula is C13H22N4O. The van der Waals surface area contributed by atoms with E-state index in [1.165, 1.54) is 0 Å². The Morgan fingerprint density at radius 1 is 1.44 bits per heavy atom. The maximum absolute atomic E-state index is 11.4. The Kier molecular flexibility index (Phi) is 6.14. The third-order valence-electron chi connectivity index (χ3n) is 2.72. The first-order valence-electron chi connectivity index (χ1n) is 6.31. The standard InChI is InChI=1S/C13H22N4O/c1-4-15-13-11(7-6-8-16-13)9-17(5-2)10-12(18)14-3/h6-8H,4-5,9-10H2,1-3H3,(H,14,18)(H,15,16). The minimum Gasteiger partial charge on any atom is -0.370 e. The van der Waals surface area contributed by atoms with Gasteiger partial charge in [0.05, 0.1) is 6.54 Å². The summed E-state index contributed by atoms with van der Waals surface area (Å²) in [5.41, 5.74) is 1.12. The van der Waals surface area contributed by atoms with Crippen molar-refractivity contribution in [1.29, 1.82) is 0 Å². The second-order valence-electron chi connectivity index (χ2n) is 4.02. The summed E-state index contributed by atoms with van der Waals surface area (Å²) in [6, 6.07) is 3.96. The van der Waals surface area contributed by atoms with E-state index >= 15 is 0 Å². The fraction of sp³-hybridized carbons (Fsp3) is 0.538. The molecule has 0 radical (unpaired) electrons. The highest BCUT2D eigenvalue weighted by molar-refractivity contribution is 5.77. The summed E-state index contributed by atoms with van der Waals surface area (Å²) >= 11 is 0. The lowest BCUT2D eigenvalue weighted by molar-refractivity contribution is -0.121. The van der Waals surface area contributed by atoms with Crippen molar-refractivity contribution in [3.63, 3.8) is 0 Å². The molecule has 1 rings (SSSR count). The number of rotatable bonds is 7. The Morgan fingerprint density at radius 2 is 2.22 bits per heavy atom. The number of amides is 1. The largest absolute Gasteiger partial charge is 0.370 e. The average molecular weight is 250 g/mol. The number of hydrogen-bond donors (Lipinski definition) is 2. The van der Waals surface area contributed by atoms with Crippen LogP contribution in [-0.2, 0) is 11.3 Å². The van der Waals surface area contributed by atoms with Gasteiger partial charge in [0.1, 0.15) is 5.82 Å². The van der Waals surface area contributed by atoms with Crippen LogP contribution in [0.3, 0.4) is 0 Å². The first kappa shape index (κ1) is 14.4. The van der Waals surface area contributed by atoms with Crippen molar-refractivity contribution in [3.8, 4) is 0 Å². The van der Waals surface area contributed by atoms with E-state index in [1.54, 1.807) is 13.2 Å². The number of likely N-dealkylation sites (N-methyl/N-ethyl adjacent to an activating group) is 2. The van der Waals surface area contributed by atoms with E-state index in [0.717, 1.165) is 31.0 Å². The van der Waals surface area contributed by atoms with Crippen LogP contribution in [0.4, 0.5) is 5.82 Å². The molecule has 0 aliphatic heterocycles. The van der Waals surface area contributed by atoms with Gasteiger partial charge in [-0.3, -0.25) is 9.69 Å². The van der Waals surface area contributed by atoms with E-state index in [1.807, 2.05) is 26.0 Å². The maximum atomic E-state index is 11.4. The molecule has 18 heavy (non-hydrogen) atoms. The molecule has 1 amide bonds. The van der Waals surface area contributed by atoms with Crippen LogP contribution in [0, 0.1) is 0 Å². The molecule has 0 aliphatic carbocycles. The highest BCUT2D eigenvalue weighted by atomic mass is 16.1. The molecule has 0 saturated carbocycles. The van der Waals surface area contributed by atoms with E-state index in [-0.39, 0.29) is 5.91 Å². The summed E-state index contributed by atoms with van der Waals surface area (Å²) in [5.74, 6) is 0.932. The molecule has 0 saturated heterocycles. The molecule has 5 heteroatoms. The van der Waals surface area contributed by atoms with Crippen molar-refractivity contribution in [3.05, 3.63) is 23.9 Å². The molecule has 0 fully saturated rings. The van der Waals surface area contributed by atoms with Gasteiger partial charge in [0, 0.05) is 31.9 Å². The molecule has 0 aromatic carbocycles. The number of nitrogens with one attached hydrogen (secondary N) is 2. The second-order valence-corrected chi connectivity index (χ2v) is 4.02. The van der Waals surface area contributed by atoms with Gasteiger partial charge in [0.2, 0.25) is 5.91 Å². The van der Waals surface area contributed by atoms with Crippen molar-refractivity contribution in [1.82, 2.24) is 15.2 Å². The Hall–Kier alpha value is -1.62. The minimum atomic E-state index is 0.0331. The molecule has 0 atom stereocenters. The van der Waals surface area contributed by atoms with Gasteiger partial charge in [0.15, 0.2) is 0 Å². The van der Waals surface area contributed by atoms with E-state index < -0.39 is 0 Å². The predicted octanol–water partition coefficient (Wildman–Crippen LogP) is 1.08. The zero-order valence-electron chi connectivity index (χ0n) is 11.4. The molecule has 0 bridgehead atoms. The van der Waals surface area contributed by atoms with Crippen LogP contribution in [0.5, 0.6) is 0 Å². The molecule has 100 valence electrons. The molecular weight excluding hydrogens is 228 g/mol. The fourth-order valence-corrected chi connectivity index (χ4v) is 1.70. The van der Waals surface area contributed by atoms with Crippen molar-refractivity contribution in [2.45, 2.75) is 20.4 Å². The highest BCUT2D eigenvalue weighted by Crippen LogP contribution is 2.13. The van der Waals surface area contributed by atoms with Crippen LogP contribution < -0.4 is 10.6 Å². The third kappa shape index (κ3) is 4.33. The second kappa shape index (κ2) is 7.66. The number of carbonyl (C=O) groups is 1. The maximum Gasteiger partial charge on any atom is 0.233 e. The summed E-state index contributed by atoms with van der Waals surface area (Å²) in [5, 5.41) is 5.88. The van der Waals surface area contributed by atoms with Crippen LogP contribution in [0.25, 0.3) is 0 Å². The molecule has 2 N–H and O–H groups in total. The van der Waals surface area contributed by atoms with E-state index in [9.17, 15) is 4.79 Å². The number of aromatic nitrogens is 1. The van der Waals surface area contributed by atoms with Crippen LogP contribution in [0.1, 0.15) is 19.4 Å². The smallest absolute Gasteiger partial charge is 0.233 e. The van der Waals surface area contributed by atoms with Crippen molar-refractivity contribution in [2.24, 2.45) is 0 Å². The molecule has 1 aromatic rings. The van der Waals surface area contributed by atoms with Gasteiger partial charge >= 0.3 is 0 Å². The first-order chi connectivity index (χ1) is 8.71. The van der Waals surface area contributed by atoms with Crippen molar-refractivity contribution in [2.75, 3.05) is 32.0 Å². The van der Waals surface area contributed by atoms with Gasteiger partial charge in [-0.1, -0.05) is 13.0 Å².